The van der Waals surface area contributed by atoms with Gasteiger partial charge >= 0.3 is 0 Å². The van der Waals surface area contributed by atoms with E-state index in [0.29, 0.717) is 0 Å². The van der Waals surface area contributed by atoms with Crippen LogP contribution in [0.25, 0.3) is 11.3 Å². The molecule has 0 saturated heterocycles. The Kier molecular flexibility index (Phi) is 2.67. The lowest BCUT2D eigenvalue weighted by molar-refractivity contribution is 0.415. The van der Waals surface area contributed by atoms with Crippen molar-refractivity contribution >= 4 is 15.9 Å². The molecule has 2 aromatic rings. The fourth-order valence-corrected chi connectivity index (χ4v) is 2.89. The molecule has 0 aliphatic carbocycles. The third-order valence-electron chi connectivity index (χ3n) is 3.18. The van der Waals surface area contributed by atoms with E-state index in [1.54, 1.807) is 7.11 Å². The average molecular weight is 293 g/mol. The molecule has 1 aromatic heterocycles. The second kappa shape index (κ2) is 4.18. The van der Waals surface area contributed by atoms with Crippen molar-refractivity contribution in [1.29, 1.82) is 0 Å². The van der Waals surface area contributed by atoms with Crippen molar-refractivity contribution < 1.29 is 4.74 Å². The van der Waals surface area contributed by atoms with Crippen LogP contribution < -0.4 is 4.74 Å². The van der Waals surface area contributed by atoms with Crippen LogP contribution in [0, 0.1) is 0 Å². The van der Waals surface area contributed by atoms with E-state index in [-0.39, 0.29) is 0 Å². The summed E-state index contributed by atoms with van der Waals surface area (Å²) in [5, 5.41) is 0. The largest absolute Gasteiger partial charge is 0.497 e. The number of halogens is 1. The first-order valence-electron chi connectivity index (χ1n) is 5.69. The maximum atomic E-state index is 5.17. The summed E-state index contributed by atoms with van der Waals surface area (Å²) in [5.74, 6) is 0.878. The predicted molar refractivity (Wildman–Crippen MR) is 70.2 cm³/mol. The van der Waals surface area contributed by atoms with E-state index >= 15 is 0 Å². The third kappa shape index (κ3) is 1.76. The Balaban J connectivity index is 2.06. The van der Waals surface area contributed by atoms with Crippen LogP contribution in [-0.4, -0.2) is 16.7 Å². The van der Waals surface area contributed by atoms with Gasteiger partial charge in [-0.05, 0) is 53.0 Å². The number of rotatable bonds is 2. The average Bonchev–Trinajstić information content (AvgIpc) is 2.94. The van der Waals surface area contributed by atoms with Gasteiger partial charge in [0.1, 0.15) is 5.75 Å². The maximum Gasteiger partial charge on any atom is 0.177 e. The minimum atomic E-state index is 0.878. The Morgan fingerprint density at radius 3 is 2.76 bits per heavy atom. The zero-order valence-corrected chi connectivity index (χ0v) is 11.2. The molecule has 0 amide bonds. The number of hydrogen-bond acceptors (Lipinski definition) is 2. The SMILES string of the molecule is COc1ccc(-c2nc(Br)n3c2CCC3)cc1. The van der Waals surface area contributed by atoms with Crippen molar-refractivity contribution in [3.8, 4) is 17.0 Å². The van der Waals surface area contributed by atoms with Crippen LogP contribution in [0.15, 0.2) is 29.0 Å². The standard InChI is InChI=1S/C13H13BrN2O/c1-17-10-6-4-9(5-7-10)12-11-3-2-8-16(11)13(14)15-12/h4-7H,2-3,8H2,1H3. The second-order valence-electron chi connectivity index (χ2n) is 4.16. The summed E-state index contributed by atoms with van der Waals surface area (Å²) in [6.07, 6.45) is 2.32. The quantitative estimate of drug-likeness (QED) is 0.849. The van der Waals surface area contributed by atoms with Crippen molar-refractivity contribution in [2.45, 2.75) is 19.4 Å². The van der Waals surface area contributed by atoms with Gasteiger partial charge in [0.25, 0.3) is 0 Å². The molecule has 88 valence electrons. The van der Waals surface area contributed by atoms with Crippen molar-refractivity contribution in [3.63, 3.8) is 0 Å². The Morgan fingerprint density at radius 1 is 1.29 bits per heavy atom. The Hall–Kier alpha value is -1.29. The molecular formula is C13H13BrN2O. The summed E-state index contributed by atoms with van der Waals surface area (Å²) in [5.41, 5.74) is 3.58. The van der Waals surface area contributed by atoms with E-state index in [4.69, 9.17) is 4.74 Å². The summed E-state index contributed by atoms with van der Waals surface area (Å²) in [4.78, 5) is 4.60. The summed E-state index contributed by atoms with van der Waals surface area (Å²) in [6.45, 7) is 1.07. The molecule has 3 rings (SSSR count). The first kappa shape index (κ1) is 10.8. The van der Waals surface area contributed by atoms with Gasteiger partial charge in [0.15, 0.2) is 4.73 Å². The third-order valence-corrected chi connectivity index (χ3v) is 3.79. The molecule has 0 spiro atoms. The highest BCUT2D eigenvalue weighted by atomic mass is 79.9. The summed E-state index contributed by atoms with van der Waals surface area (Å²) < 4.78 is 8.36. The zero-order valence-electron chi connectivity index (χ0n) is 9.61. The number of imidazole rings is 1. The van der Waals surface area contributed by atoms with E-state index in [9.17, 15) is 0 Å². The van der Waals surface area contributed by atoms with Crippen molar-refractivity contribution in [2.75, 3.05) is 7.11 Å². The normalized spacial score (nSPS) is 13.8. The highest BCUT2D eigenvalue weighted by Crippen LogP contribution is 2.32. The smallest absolute Gasteiger partial charge is 0.177 e. The molecule has 0 bridgehead atoms. The van der Waals surface area contributed by atoms with Gasteiger partial charge in [-0.15, -0.1) is 0 Å². The lowest BCUT2D eigenvalue weighted by Crippen LogP contribution is -1.91. The molecule has 0 saturated carbocycles. The molecule has 0 atom stereocenters. The molecule has 0 radical (unpaired) electrons. The molecule has 4 heteroatoms. The molecule has 1 aliphatic rings. The van der Waals surface area contributed by atoms with Gasteiger partial charge in [0.2, 0.25) is 0 Å². The predicted octanol–water partition coefficient (Wildman–Crippen LogP) is 3.27. The van der Waals surface area contributed by atoms with Gasteiger partial charge < -0.3 is 9.30 Å². The number of benzene rings is 1. The second-order valence-corrected chi connectivity index (χ2v) is 4.87. The molecule has 0 unspecified atom stereocenters. The zero-order chi connectivity index (χ0) is 11.8. The fourth-order valence-electron chi connectivity index (χ4n) is 2.32. The van der Waals surface area contributed by atoms with Crippen LogP contribution in [0.2, 0.25) is 0 Å². The molecule has 2 heterocycles. The van der Waals surface area contributed by atoms with Crippen molar-refractivity contribution in [1.82, 2.24) is 9.55 Å². The first-order valence-corrected chi connectivity index (χ1v) is 6.48. The number of ether oxygens (including phenoxy) is 1. The lowest BCUT2D eigenvalue weighted by atomic mass is 10.1. The Labute approximate surface area is 109 Å². The molecule has 0 N–H and O–H groups in total. The van der Waals surface area contributed by atoms with Crippen molar-refractivity contribution in [3.05, 3.63) is 34.7 Å². The minimum Gasteiger partial charge on any atom is -0.497 e. The van der Waals surface area contributed by atoms with E-state index < -0.39 is 0 Å². The number of fused-ring (bicyclic) bond motifs is 1. The molecule has 0 fully saturated rings. The lowest BCUT2D eigenvalue weighted by Gasteiger charge is -2.02. The summed E-state index contributed by atoms with van der Waals surface area (Å²) in [6, 6.07) is 8.08. The molecule has 3 nitrogen and oxygen atoms in total. The van der Waals surface area contributed by atoms with Crippen LogP contribution in [0.3, 0.4) is 0 Å². The summed E-state index contributed by atoms with van der Waals surface area (Å²) in [7, 11) is 1.68. The highest BCUT2D eigenvalue weighted by molar-refractivity contribution is 9.10. The highest BCUT2D eigenvalue weighted by Gasteiger charge is 2.20. The van der Waals surface area contributed by atoms with Crippen LogP contribution >= 0.6 is 15.9 Å². The first-order chi connectivity index (χ1) is 8.29. The summed E-state index contributed by atoms with van der Waals surface area (Å²) >= 11 is 3.52. The van der Waals surface area contributed by atoms with Gasteiger partial charge in [-0.25, -0.2) is 4.98 Å². The molecule has 17 heavy (non-hydrogen) atoms. The van der Waals surface area contributed by atoms with Gasteiger partial charge in [-0.2, -0.15) is 0 Å². The monoisotopic (exact) mass is 292 g/mol. The minimum absolute atomic E-state index is 0.878. The maximum absolute atomic E-state index is 5.17. The van der Waals surface area contributed by atoms with E-state index in [2.05, 4.69) is 37.6 Å². The Bertz CT molecular complexity index is 545. The number of hydrogen-bond donors (Lipinski definition) is 0. The van der Waals surface area contributed by atoms with Crippen LogP contribution in [0.5, 0.6) is 5.75 Å². The van der Waals surface area contributed by atoms with Crippen LogP contribution in [0.4, 0.5) is 0 Å². The topological polar surface area (TPSA) is 27.1 Å². The van der Waals surface area contributed by atoms with E-state index in [1.165, 1.54) is 12.1 Å². The van der Waals surface area contributed by atoms with Gasteiger partial charge in [0.05, 0.1) is 12.8 Å². The number of aromatic nitrogens is 2. The molecular weight excluding hydrogens is 280 g/mol. The molecule has 1 aromatic carbocycles. The van der Waals surface area contributed by atoms with Gasteiger partial charge in [-0.3, -0.25) is 0 Å². The van der Waals surface area contributed by atoms with Crippen LogP contribution in [-0.2, 0) is 13.0 Å². The van der Waals surface area contributed by atoms with Crippen LogP contribution in [0.1, 0.15) is 12.1 Å². The van der Waals surface area contributed by atoms with Gasteiger partial charge in [-0.1, -0.05) is 0 Å². The number of nitrogens with zero attached hydrogens (tertiary/aromatic N) is 2. The van der Waals surface area contributed by atoms with Crippen molar-refractivity contribution in [2.24, 2.45) is 0 Å². The fraction of sp³-hybridized carbons (Fsp3) is 0.308. The molecule has 1 aliphatic heterocycles. The van der Waals surface area contributed by atoms with E-state index in [0.717, 1.165) is 34.7 Å². The number of methoxy groups -OCH3 is 1. The Morgan fingerprint density at radius 2 is 2.06 bits per heavy atom. The van der Waals surface area contributed by atoms with Gasteiger partial charge in [0, 0.05) is 17.8 Å². The van der Waals surface area contributed by atoms with E-state index in [1.807, 2.05) is 12.1 Å².